The lowest BCUT2D eigenvalue weighted by Gasteiger charge is -2.34. The number of carboxylic acids is 1. The summed E-state index contributed by atoms with van der Waals surface area (Å²) in [6.45, 7) is 2.34. The topological polar surface area (TPSA) is 122 Å². The summed E-state index contributed by atoms with van der Waals surface area (Å²) in [4.78, 5) is 32.5. The van der Waals surface area contributed by atoms with Gasteiger partial charge >= 0.3 is 12.1 Å². The van der Waals surface area contributed by atoms with Crippen molar-refractivity contribution < 1.29 is 32.6 Å². The SMILES string of the molecule is Cn1ccc(C(=O)N2CCOCC2c2nccc(NCC3CC3)n2)n1.O=C(O)C(F)(F)F. The third-order valence-electron chi connectivity index (χ3n) is 4.81. The van der Waals surface area contributed by atoms with E-state index in [4.69, 9.17) is 14.6 Å². The summed E-state index contributed by atoms with van der Waals surface area (Å²) < 4.78 is 38.9. The summed E-state index contributed by atoms with van der Waals surface area (Å²) in [5, 5.41) is 14.7. The van der Waals surface area contributed by atoms with E-state index in [2.05, 4.69) is 20.4 Å². The van der Waals surface area contributed by atoms with Gasteiger partial charge in [0.2, 0.25) is 0 Å². The van der Waals surface area contributed by atoms with Crippen molar-refractivity contribution in [1.82, 2.24) is 24.6 Å². The first-order chi connectivity index (χ1) is 15.1. The number of carbonyl (C=O) groups is 2. The van der Waals surface area contributed by atoms with Crippen LogP contribution < -0.4 is 5.32 Å². The van der Waals surface area contributed by atoms with Crippen molar-refractivity contribution in [2.24, 2.45) is 13.0 Å². The summed E-state index contributed by atoms with van der Waals surface area (Å²) in [6.07, 6.45) is 0.985. The third-order valence-corrected chi connectivity index (χ3v) is 4.81. The van der Waals surface area contributed by atoms with Gasteiger partial charge < -0.3 is 20.1 Å². The Labute approximate surface area is 181 Å². The first-order valence-electron chi connectivity index (χ1n) is 9.90. The van der Waals surface area contributed by atoms with Gasteiger partial charge in [-0.3, -0.25) is 9.48 Å². The molecular formula is C19H23F3N6O4. The van der Waals surface area contributed by atoms with Crippen molar-refractivity contribution in [2.75, 3.05) is 31.6 Å². The Kier molecular flexibility index (Phi) is 7.28. The van der Waals surface area contributed by atoms with E-state index in [1.54, 1.807) is 35.1 Å². The largest absolute Gasteiger partial charge is 0.490 e. The molecule has 3 heterocycles. The Balaban J connectivity index is 0.000000360. The van der Waals surface area contributed by atoms with Gasteiger partial charge in [-0.25, -0.2) is 14.8 Å². The monoisotopic (exact) mass is 456 g/mol. The summed E-state index contributed by atoms with van der Waals surface area (Å²) in [5.74, 6) is -0.711. The van der Waals surface area contributed by atoms with Crippen LogP contribution in [0.5, 0.6) is 0 Å². The van der Waals surface area contributed by atoms with Gasteiger partial charge in [0.25, 0.3) is 5.91 Å². The number of hydrogen-bond acceptors (Lipinski definition) is 7. The zero-order valence-corrected chi connectivity index (χ0v) is 17.2. The van der Waals surface area contributed by atoms with Crippen LogP contribution in [0.4, 0.5) is 19.0 Å². The number of carboxylic acid groups (broad SMARTS) is 1. The second kappa shape index (κ2) is 9.94. The number of ether oxygens (including phenoxy) is 1. The highest BCUT2D eigenvalue weighted by atomic mass is 19.4. The standard InChI is InChI=1S/C17H22N6O2.C2HF3O2/c1-22-7-5-13(21-22)17(24)23-8-9-25-11-14(23)16-18-6-4-15(20-16)19-10-12-2-3-12;3-2(4,5)1(6)7/h4-7,12,14H,2-3,8-11H2,1H3,(H,18,19,20);(H,6,7). The second-order valence-electron chi connectivity index (χ2n) is 7.39. The fourth-order valence-electron chi connectivity index (χ4n) is 2.94. The highest BCUT2D eigenvalue weighted by molar-refractivity contribution is 5.92. The van der Waals surface area contributed by atoms with E-state index >= 15 is 0 Å². The average Bonchev–Trinajstić information content (AvgIpc) is 3.50. The van der Waals surface area contributed by atoms with E-state index < -0.39 is 12.1 Å². The number of aryl methyl sites for hydroxylation is 1. The van der Waals surface area contributed by atoms with Gasteiger partial charge in [0.05, 0.1) is 13.2 Å². The highest BCUT2D eigenvalue weighted by Gasteiger charge is 2.38. The normalized spacial score (nSPS) is 18.5. The summed E-state index contributed by atoms with van der Waals surface area (Å²) in [5.41, 5.74) is 0.428. The molecule has 1 saturated heterocycles. The van der Waals surface area contributed by atoms with E-state index in [-0.39, 0.29) is 11.9 Å². The van der Waals surface area contributed by atoms with Crippen molar-refractivity contribution in [1.29, 1.82) is 0 Å². The maximum Gasteiger partial charge on any atom is 0.490 e. The minimum absolute atomic E-state index is 0.117. The van der Waals surface area contributed by atoms with Gasteiger partial charge in [-0.2, -0.15) is 18.3 Å². The van der Waals surface area contributed by atoms with E-state index in [1.807, 2.05) is 6.07 Å². The van der Waals surface area contributed by atoms with Crippen LogP contribution >= 0.6 is 0 Å². The molecule has 1 unspecified atom stereocenters. The molecule has 2 N–H and O–H groups in total. The van der Waals surface area contributed by atoms with Gasteiger partial charge in [-0.15, -0.1) is 0 Å². The molecule has 10 nitrogen and oxygen atoms in total. The summed E-state index contributed by atoms with van der Waals surface area (Å²) in [7, 11) is 1.80. The summed E-state index contributed by atoms with van der Waals surface area (Å²) >= 11 is 0. The third kappa shape index (κ3) is 6.39. The number of aromatic nitrogens is 4. The number of hydrogen-bond donors (Lipinski definition) is 2. The van der Waals surface area contributed by atoms with Crippen LogP contribution in [-0.2, 0) is 16.6 Å². The van der Waals surface area contributed by atoms with Gasteiger partial charge in [0.15, 0.2) is 5.82 Å². The smallest absolute Gasteiger partial charge is 0.475 e. The minimum atomic E-state index is -5.08. The Morgan fingerprint density at radius 2 is 2.03 bits per heavy atom. The van der Waals surface area contributed by atoms with Crippen molar-refractivity contribution in [2.45, 2.75) is 25.1 Å². The predicted molar refractivity (Wildman–Crippen MR) is 105 cm³/mol. The Bertz CT molecular complexity index is 947. The van der Waals surface area contributed by atoms with E-state index in [9.17, 15) is 18.0 Å². The number of amides is 1. The number of alkyl halides is 3. The van der Waals surface area contributed by atoms with Crippen LogP contribution in [0, 0.1) is 5.92 Å². The molecule has 2 aliphatic rings. The number of halogens is 3. The fraction of sp³-hybridized carbons (Fsp3) is 0.526. The molecule has 2 aromatic rings. The number of nitrogens with one attached hydrogen (secondary N) is 1. The van der Waals surface area contributed by atoms with Gasteiger partial charge in [0.1, 0.15) is 17.6 Å². The zero-order chi connectivity index (χ0) is 23.3. The van der Waals surface area contributed by atoms with Gasteiger partial charge in [-0.05, 0) is 30.9 Å². The average molecular weight is 456 g/mol. The Hall–Kier alpha value is -3.22. The molecule has 4 rings (SSSR count). The number of rotatable bonds is 5. The van der Waals surface area contributed by atoms with Crippen molar-refractivity contribution >= 4 is 17.7 Å². The van der Waals surface area contributed by atoms with Gasteiger partial charge in [0, 0.05) is 32.5 Å². The van der Waals surface area contributed by atoms with E-state index in [0.717, 1.165) is 18.3 Å². The number of carbonyl (C=O) groups excluding carboxylic acids is 1. The van der Waals surface area contributed by atoms with E-state index in [0.29, 0.717) is 31.3 Å². The van der Waals surface area contributed by atoms with Crippen LogP contribution in [-0.4, -0.2) is 74.1 Å². The van der Waals surface area contributed by atoms with Crippen molar-refractivity contribution in [3.63, 3.8) is 0 Å². The molecular weight excluding hydrogens is 433 g/mol. The van der Waals surface area contributed by atoms with Crippen molar-refractivity contribution in [3.8, 4) is 0 Å². The van der Waals surface area contributed by atoms with Crippen LogP contribution in [0.25, 0.3) is 0 Å². The molecule has 1 atom stereocenters. The van der Waals surface area contributed by atoms with Gasteiger partial charge in [-0.1, -0.05) is 0 Å². The quantitative estimate of drug-likeness (QED) is 0.699. The molecule has 174 valence electrons. The van der Waals surface area contributed by atoms with Crippen LogP contribution in [0.15, 0.2) is 24.5 Å². The molecule has 1 aliphatic heterocycles. The molecule has 0 aromatic carbocycles. The first kappa shape index (κ1) is 23.4. The van der Waals surface area contributed by atoms with Crippen LogP contribution in [0.2, 0.25) is 0 Å². The number of aliphatic carboxylic acids is 1. The Morgan fingerprint density at radius 3 is 2.62 bits per heavy atom. The second-order valence-corrected chi connectivity index (χ2v) is 7.39. The summed E-state index contributed by atoms with van der Waals surface area (Å²) in [6, 6.07) is 3.29. The molecule has 0 bridgehead atoms. The lowest BCUT2D eigenvalue weighted by Crippen LogP contribution is -2.44. The molecule has 2 aromatic heterocycles. The molecule has 13 heteroatoms. The molecule has 1 saturated carbocycles. The van der Waals surface area contributed by atoms with Crippen LogP contribution in [0.3, 0.4) is 0 Å². The molecule has 0 spiro atoms. The molecule has 1 aliphatic carbocycles. The van der Waals surface area contributed by atoms with Crippen molar-refractivity contribution in [3.05, 3.63) is 36.0 Å². The first-order valence-corrected chi connectivity index (χ1v) is 9.90. The Morgan fingerprint density at radius 1 is 1.31 bits per heavy atom. The van der Waals surface area contributed by atoms with E-state index in [1.165, 1.54) is 12.8 Å². The fourth-order valence-corrected chi connectivity index (χ4v) is 2.94. The number of anilines is 1. The molecule has 32 heavy (non-hydrogen) atoms. The number of nitrogens with zero attached hydrogens (tertiary/aromatic N) is 5. The highest BCUT2D eigenvalue weighted by Crippen LogP contribution is 2.29. The molecule has 2 fully saturated rings. The number of morpholine rings is 1. The zero-order valence-electron chi connectivity index (χ0n) is 17.2. The molecule has 0 radical (unpaired) electrons. The van der Waals surface area contributed by atoms with Crippen LogP contribution in [0.1, 0.15) is 35.2 Å². The molecule has 1 amide bonds. The lowest BCUT2D eigenvalue weighted by atomic mass is 10.2. The predicted octanol–water partition coefficient (Wildman–Crippen LogP) is 1.88. The maximum absolute atomic E-state index is 12.8. The lowest BCUT2D eigenvalue weighted by molar-refractivity contribution is -0.192. The minimum Gasteiger partial charge on any atom is -0.475 e. The maximum atomic E-state index is 12.8.